The van der Waals surface area contributed by atoms with E-state index < -0.39 is 0 Å². The van der Waals surface area contributed by atoms with Gasteiger partial charge in [0.1, 0.15) is 16.9 Å². The third-order valence-electron chi connectivity index (χ3n) is 5.22. The van der Waals surface area contributed by atoms with E-state index in [1.54, 1.807) is 12.5 Å². The molecule has 6 heteroatoms. The summed E-state index contributed by atoms with van der Waals surface area (Å²) in [6.45, 7) is 1.10. The van der Waals surface area contributed by atoms with Gasteiger partial charge in [-0.15, -0.1) is 0 Å². The second kappa shape index (κ2) is 8.36. The van der Waals surface area contributed by atoms with Gasteiger partial charge in [-0.25, -0.2) is 4.98 Å². The standard InChI is InChI=1S/C25H21N3O3/c29-25(27-14-18-5-1-2-6-19(18)15-28-12-11-26-17-28)16-30-20-9-10-24-22(13-20)21-7-3-4-8-23(21)31-24/h1-13,17H,14-16H2,(H,27,29). The van der Waals surface area contributed by atoms with Crippen LogP contribution in [0.3, 0.4) is 0 Å². The Morgan fingerprint density at radius 2 is 1.77 bits per heavy atom. The monoisotopic (exact) mass is 411 g/mol. The smallest absolute Gasteiger partial charge is 0.258 e. The maximum absolute atomic E-state index is 12.4. The van der Waals surface area contributed by atoms with Crippen molar-refractivity contribution in [2.75, 3.05) is 6.61 Å². The number of benzene rings is 3. The topological polar surface area (TPSA) is 69.3 Å². The Hall–Kier alpha value is -4.06. The van der Waals surface area contributed by atoms with Crippen LogP contribution in [0.4, 0.5) is 0 Å². The molecule has 0 saturated carbocycles. The lowest BCUT2D eigenvalue weighted by Crippen LogP contribution is -2.28. The number of amides is 1. The van der Waals surface area contributed by atoms with Crippen LogP contribution in [0.5, 0.6) is 5.75 Å². The van der Waals surface area contributed by atoms with Crippen molar-refractivity contribution in [2.45, 2.75) is 13.1 Å². The number of nitrogens with one attached hydrogen (secondary N) is 1. The lowest BCUT2D eigenvalue weighted by molar-refractivity contribution is -0.123. The van der Waals surface area contributed by atoms with Gasteiger partial charge in [0.05, 0.1) is 6.33 Å². The summed E-state index contributed by atoms with van der Waals surface area (Å²) in [5.74, 6) is 0.462. The number of hydrogen-bond acceptors (Lipinski definition) is 4. The highest BCUT2D eigenvalue weighted by Gasteiger charge is 2.10. The van der Waals surface area contributed by atoms with Crippen LogP contribution in [-0.2, 0) is 17.9 Å². The number of carbonyl (C=O) groups is 1. The summed E-state index contributed by atoms with van der Waals surface area (Å²) in [7, 11) is 0. The SMILES string of the molecule is O=C(COc1ccc2oc3ccccc3c2c1)NCc1ccccc1Cn1ccnc1. The van der Waals surface area contributed by atoms with Crippen LogP contribution in [-0.4, -0.2) is 22.1 Å². The zero-order chi connectivity index (χ0) is 21.0. The first kappa shape index (κ1) is 18.9. The Morgan fingerprint density at radius 1 is 0.968 bits per heavy atom. The summed E-state index contributed by atoms with van der Waals surface area (Å²) >= 11 is 0. The molecule has 1 amide bonds. The molecule has 0 aliphatic carbocycles. The van der Waals surface area contributed by atoms with Gasteiger partial charge in [-0.3, -0.25) is 4.79 Å². The number of nitrogens with zero attached hydrogens (tertiary/aromatic N) is 2. The van der Waals surface area contributed by atoms with E-state index in [2.05, 4.69) is 16.4 Å². The van der Waals surface area contributed by atoms with Gasteiger partial charge in [-0.2, -0.15) is 0 Å². The summed E-state index contributed by atoms with van der Waals surface area (Å²) < 4.78 is 13.6. The molecule has 6 nitrogen and oxygen atoms in total. The Labute approximate surface area is 179 Å². The van der Waals surface area contributed by atoms with Crippen molar-refractivity contribution in [3.05, 3.63) is 96.6 Å². The number of para-hydroxylation sites is 1. The van der Waals surface area contributed by atoms with Crippen LogP contribution in [0.15, 0.2) is 89.9 Å². The maximum atomic E-state index is 12.4. The van der Waals surface area contributed by atoms with Gasteiger partial charge in [0.15, 0.2) is 6.61 Å². The number of furan rings is 1. The normalized spacial score (nSPS) is 11.1. The van der Waals surface area contributed by atoms with Crippen LogP contribution in [0.25, 0.3) is 21.9 Å². The third kappa shape index (κ3) is 4.14. The molecule has 0 spiro atoms. The molecule has 5 rings (SSSR count). The third-order valence-corrected chi connectivity index (χ3v) is 5.22. The first-order valence-electron chi connectivity index (χ1n) is 10.1. The summed E-state index contributed by atoms with van der Waals surface area (Å²) in [6.07, 6.45) is 5.46. The van der Waals surface area contributed by atoms with Crippen LogP contribution >= 0.6 is 0 Å². The molecule has 154 valence electrons. The van der Waals surface area contributed by atoms with Crippen molar-refractivity contribution in [1.82, 2.24) is 14.9 Å². The summed E-state index contributed by atoms with van der Waals surface area (Å²) in [4.78, 5) is 16.5. The number of ether oxygens (including phenoxy) is 1. The minimum atomic E-state index is -0.172. The molecule has 0 saturated heterocycles. The molecule has 0 unspecified atom stereocenters. The highest BCUT2D eigenvalue weighted by atomic mass is 16.5. The largest absolute Gasteiger partial charge is 0.484 e. The minimum absolute atomic E-state index is 0.0506. The molecule has 0 aliphatic rings. The molecule has 2 aromatic heterocycles. The fourth-order valence-corrected chi connectivity index (χ4v) is 3.65. The Kier molecular flexibility index (Phi) is 5.10. The summed E-state index contributed by atoms with van der Waals surface area (Å²) in [5.41, 5.74) is 3.84. The first-order chi connectivity index (χ1) is 15.3. The quantitative estimate of drug-likeness (QED) is 0.427. The average Bonchev–Trinajstić information content (AvgIpc) is 3.44. The van der Waals surface area contributed by atoms with Gasteiger partial charge < -0.3 is 19.0 Å². The molecule has 0 bridgehead atoms. The van der Waals surface area contributed by atoms with Gasteiger partial charge in [0.25, 0.3) is 5.91 Å². The molecular formula is C25H21N3O3. The predicted octanol–water partition coefficient (Wildman–Crippen LogP) is 4.53. The number of carbonyl (C=O) groups excluding carboxylic acids is 1. The predicted molar refractivity (Wildman–Crippen MR) is 119 cm³/mol. The highest BCUT2D eigenvalue weighted by Crippen LogP contribution is 2.31. The van der Waals surface area contributed by atoms with E-state index in [0.29, 0.717) is 18.8 Å². The van der Waals surface area contributed by atoms with Gasteiger partial charge in [0, 0.05) is 36.3 Å². The van der Waals surface area contributed by atoms with E-state index in [1.807, 2.05) is 71.4 Å². The molecule has 3 aromatic carbocycles. The summed E-state index contributed by atoms with van der Waals surface area (Å²) in [6, 6.07) is 21.5. The molecule has 0 atom stereocenters. The van der Waals surface area contributed by atoms with Crippen molar-refractivity contribution < 1.29 is 13.9 Å². The summed E-state index contributed by atoms with van der Waals surface area (Å²) in [5, 5.41) is 4.95. The van der Waals surface area contributed by atoms with Gasteiger partial charge in [-0.1, -0.05) is 42.5 Å². The molecule has 0 aliphatic heterocycles. The van der Waals surface area contributed by atoms with Crippen molar-refractivity contribution in [3.8, 4) is 5.75 Å². The van der Waals surface area contributed by atoms with Crippen LogP contribution in [0.2, 0.25) is 0 Å². The van der Waals surface area contributed by atoms with Gasteiger partial charge in [0.2, 0.25) is 0 Å². The number of fused-ring (bicyclic) bond motifs is 3. The Bertz CT molecular complexity index is 1340. The second-order valence-electron chi connectivity index (χ2n) is 7.33. The Balaban J connectivity index is 1.21. The molecule has 31 heavy (non-hydrogen) atoms. The second-order valence-corrected chi connectivity index (χ2v) is 7.33. The molecule has 0 fully saturated rings. The van der Waals surface area contributed by atoms with E-state index >= 15 is 0 Å². The number of rotatable bonds is 7. The van der Waals surface area contributed by atoms with Crippen molar-refractivity contribution in [3.63, 3.8) is 0 Å². The van der Waals surface area contributed by atoms with Crippen molar-refractivity contribution in [1.29, 1.82) is 0 Å². The fraction of sp³-hybridized carbons (Fsp3) is 0.120. The molecule has 1 N–H and O–H groups in total. The van der Waals surface area contributed by atoms with Gasteiger partial charge >= 0.3 is 0 Å². The lowest BCUT2D eigenvalue weighted by atomic mass is 10.1. The van der Waals surface area contributed by atoms with E-state index in [4.69, 9.17) is 9.15 Å². The lowest BCUT2D eigenvalue weighted by Gasteiger charge is -2.12. The maximum Gasteiger partial charge on any atom is 0.258 e. The van der Waals surface area contributed by atoms with Crippen molar-refractivity contribution >= 4 is 27.8 Å². The van der Waals surface area contributed by atoms with Crippen LogP contribution < -0.4 is 10.1 Å². The van der Waals surface area contributed by atoms with Gasteiger partial charge in [-0.05, 0) is 35.4 Å². The molecule has 2 heterocycles. The van der Waals surface area contributed by atoms with E-state index in [1.165, 1.54) is 0 Å². The molecule has 5 aromatic rings. The van der Waals surface area contributed by atoms with E-state index in [-0.39, 0.29) is 12.5 Å². The minimum Gasteiger partial charge on any atom is -0.484 e. The van der Waals surface area contributed by atoms with E-state index in [0.717, 1.165) is 33.1 Å². The molecular weight excluding hydrogens is 390 g/mol. The number of hydrogen-bond donors (Lipinski definition) is 1. The first-order valence-corrected chi connectivity index (χ1v) is 10.1. The van der Waals surface area contributed by atoms with Crippen LogP contribution in [0.1, 0.15) is 11.1 Å². The average molecular weight is 411 g/mol. The van der Waals surface area contributed by atoms with Crippen molar-refractivity contribution in [2.24, 2.45) is 0 Å². The zero-order valence-electron chi connectivity index (χ0n) is 16.8. The Morgan fingerprint density at radius 3 is 2.65 bits per heavy atom. The number of imidazole rings is 1. The fourth-order valence-electron chi connectivity index (χ4n) is 3.65. The zero-order valence-corrected chi connectivity index (χ0v) is 16.8. The number of aromatic nitrogens is 2. The van der Waals surface area contributed by atoms with E-state index in [9.17, 15) is 4.79 Å². The highest BCUT2D eigenvalue weighted by molar-refractivity contribution is 6.05. The van der Waals surface area contributed by atoms with Crippen LogP contribution in [0, 0.1) is 0 Å². The molecule has 0 radical (unpaired) electrons.